The number of hydrogen-bond donors (Lipinski definition) is 1. The van der Waals surface area contributed by atoms with Gasteiger partial charge in [-0.25, -0.2) is 8.78 Å². The largest absolute Gasteiger partial charge is 0.385 e. The molecule has 0 spiro atoms. The lowest BCUT2D eigenvalue weighted by atomic mass is 9.78. The quantitative estimate of drug-likeness (QED) is 0.356. The zero-order chi connectivity index (χ0) is 22.1. The molecule has 0 bridgehead atoms. The van der Waals surface area contributed by atoms with Crippen LogP contribution < -0.4 is 5.32 Å². The van der Waals surface area contributed by atoms with Crippen molar-refractivity contribution in [3.05, 3.63) is 35.4 Å². The molecule has 1 heterocycles. The van der Waals surface area contributed by atoms with E-state index in [1.807, 2.05) is 6.92 Å². The minimum absolute atomic E-state index is 0.218. The molecule has 1 saturated carbocycles. The smallest absolute Gasteiger partial charge is 0.193 e. The first-order chi connectivity index (χ1) is 15.1. The van der Waals surface area contributed by atoms with Gasteiger partial charge < -0.3 is 19.7 Å². The van der Waals surface area contributed by atoms with Gasteiger partial charge in [-0.05, 0) is 51.2 Å². The molecule has 5 nitrogen and oxygen atoms in total. The van der Waals surface area contributed by atoms with Crippen molar-refractivity contribution in [2.45, 2.75) is 63.4 Å². The van der Waals surface area contributed by atoms with Crippen molar-refractivity contribution in [3.63, 3.8) is 0 Å². The van der Waals surface area contributed by atoms with Gasteiger partial charge in [-0.3, -0.25) is 4.99 Å². The summed E-state index contributed by atoms with van der Waals surface area (Å²) in [5.74, 6) is -0.0644. The number of piperidine rings is 1. The van der Waals surface area contributed by atoms with Crippen molar-refractivity contribution in [2.75, 3.05) is 46.5 Å². The topological polar surface area (TPSA) is 46.1 Å². The number of ether oxygens (including phenoxy) is 2. The zero-order valence-corrected chi connectivity index (χ0v) is 19.0. The third-order valence-electron chi connectivity index (χ3n) is 6.51. The molecule has 2 fully saturated rings. The van der Waals surface area contributed by atoms with Crippen LogP contribution in [-0.4, -0.2) is 63.5 Å². The van der Waals surface area contributed by atoms with Crippen LogP contribution in [0.2, 0.25) is 0 Å². The van der Waals surface area contributed by atoms with Crippen molar-refractivity contribution in [1.29, 1.82) is 0 Å². The predicted octanol–water partition coefficient (Wildman–Crippen LogP) is 4.26. The number of nitrogens with one attached hydrogen (secondary N) is 1. The highest BCUT2D eigenvalue weighted by atomic mass is 19.1. The summed E-state index contributed by atoms with van der Waals surface area (Å²) in [5, 5.41) is 3.38. The van der Waals surface area contributed by atoms with E-state index in [9.17, 15) is 8.78 Å². The van der Waals surface area contributed by atoms with Crippen LogP contribution in [0.4, 0.5) is 8.78 Å². The van der Waals surface area contributed by atoms with Crippen LogP contribution in [0.3, 0.4) is 0 Å². The Bertz CT molecular complexity index is 695. The minimum Gasteiger partial charge on any atom is -0.385 e. The van der Waals surface area contributed by atoms with E-state index in [0.29, 0.717) is 6.54 Å². The van der Waals surface area contributed by atoms with Gasteiger partial charge >= 0.3 is 0 Å². The molecule has 2 aliphatic rings. The maximum atomic E-state index is 14.6. The molecular formula is C24H37F2N3O2. The number of rotatable bonds is 9. The van der Waals surface area contributed by atoms with Crippen LogP contribution in [0, 0.1) is 11.6 Å². The van der Waals surface area contributed by atoms with Gasteiger partial charge in [0, 0.05) is 50.9 Å². The second-order valence-corrected chi connectivity index (χ2v) is 8.66. The van der Waals surface area contributed by atoms with E-state index >= 15 is 0 Å². The normalized spacial score (nSPS) is 19.7. The molecule has 174 valence electrons. The Kier molecular flexibility index (Phi) is 9.08. The van der Waals surface area contributed by atoms with Crippen molar-refractivity contribution >= 4 is 5.96 Å². The molecule has 0 unspecified atom stereocenters. The summed E-state index contributed by atoms with van der Waals surface area (Å²) in [5.41, 5.74) is -0.339. The SMILES string of the molecule is CCNC(=NCC1(c2c(F)cccc2F)CCCC1)N1CCC(OCCCOC)CC1. The van der Waals surface area contributed by atoms with E-state index in [1.165, 1.54) is 18.2 Å². The Balaban J connectivity index is 1.66. The van der Waals surface area contributed by atoms with Gasteiger partial charge in [-0.1, -0.05) is 18.9 Å². The molecule has 0 radical (unpaired) electrons. The van der Waals surface area contributed by atoms with Gasteiger partial charge in [0.05, 0.1) is 12.6 Å². The molecule has 0 atom stereocenters. The summed E-state index contributed by atoms with van der Waals surface area (Å²) in [6, 6.07) is 4.17. The van der Waals surface area contributed by atoms with E-state index in [-0.39, 0.29) is 11.7 Å². The second-order valence-electron chi connectivity index (χ2n) is 8.66. The van der Waals surface area contributed by atoms with Gasteiger partial charge in [0.1, 0.15) is 11.6 Å². The summed E-state index contributed by atoms with van der Waals surface area (Å²) in [6.45, 7) is 6.38. The van der Waals surface area contributed by atoms with Gasteiger partial charge in [-0.15, -0.1) is 0 Å². The lowest BCUT2D eigenvalue weighted by molar-refractivity contribution is 0.00988. The van der Waals surface area contributed by atoms with Crippen LogP contribution in [0.5, 0.6) is 0 Å². The van der Waals surface area contributed by atoms with E-state index in [2.05, 4.69) is 10.2 Å². The number of likely N-dealkylation sites (tertiary alicyclic amines) is 1. The molecule has 1 aliphatic carbocycles. The van der Waals surface area contributed by atoms with E-state index in [0.717, 1.165) is 83.8 Å². The van der Waals surface area contributed by atoms with Gasteiger partial charge in [0.25, 0.3) is 0 Å². The molecule has 1 saturated heterocycles. The summed E-state index contributed by atoms with van der Waals surface area (Å²) < 4.78 is 40.3. The Hall–Kier alpha value is -1.73. The second kappa shape index (κ2) is 11.8. The molecular weight excluding hydrogens is 400 g/mol. The Morgan fingerprint density at radius 2 is 1.84 bits per heavy atom. The highest BCUT2D eigenvalue weighted by molar-refractivity contribution is 5.80. The van der Waals surface area contributed by atoms with Crippen LogP contribution in [-0.2, 0) is 14.9 Å². The molecule has 31 heavy (non-hydrogen) atoms. The summed E-state index contributed by atoms with van der Waals surface area (Å²) >= 11 is 0. The van der Waals surface area contributed by atoms with Crippen molar-refractivity contribution in [1.82, 2.24) is 10.2 Å². The fourth-order valence-corrected chi connectivity index (χ4v) is 4.88. The van der Waals surface area contributed by atoms with Crippen molar-refractivity contribution < 1.29 is 18.3 Å². The maximum Gasteiger partial charge on any atom is 0.193 e. The number of guanidine groups is 1. The third kappa shape index (κ3) is 6.16. The van der Waals surface area contributed by atoms with Gasteiger partial charge in [0.15, 0.2) is 5.96 Å². The average molecular weight is 438 g/mol. The molecule has 0 amide bonds. The lowest BCUT2D eigenvalue weighted by Gasteiger charge is -2.35. The van der Waals surface area contributed by atoms with Crippen molar-refractivity contribution in [2.24, 2.45) is 4.99 Å². The van der Waals surface area contributed by atoms with Crippen LogP contribution in [0.1, 0.15) is 57.4 Å². The van der Waals surface area contributed by atoms with Gasteiger partial charge in [-0.2, -0.15) is 0 Å². The first-order valence-corrected chi connectivity index (χ1v) is 11.7. The number of methoxy groups -OCH3 is 1. The zero-order valence-electron chi connectivity index (χ0n) is 19.0. The minimum atomic E-state index is -0.557. The Morgan fingerprint density at radius 3 is 2.45 bits per heavy atom. The number of hydrogen-bond acceptors (Lipinski definition) is 3. The summed E-state index contributed by atoms with van der Waals surface area (Å²) in [7, 11) is 1.70. The third-order valence-corrected chi connectivity index (χ3v) is 6.51. The standard InChI is InChI=1S/C24H37F2N3O2/c1-3-27-23(29-14-10-19(11-15-29)31-17-7-16-30-2)28-18-24(12-4-5-13-24)22-20(25)8-6-9-21(22)26/h6,8-9,19H,3-5,7,10-18H2,1-2H3,(H,27,28). The highest BCUT2D eigenvalue weighted by Crippen LogP contribution is 2.43. The van der Waals surface area contributed by atoms with E-state index in [4.69, 9.17) is 14.5 Å². The Labute approximate surface area is 185 Å². The average Bonchev–Trinajstić information content (AvgIpc) is 3.24. The summed E-state index contributed by atoms with van der Waals surface area (Å²) in [6.07, 6.45) is 6.57. The number of nitrogens with zero attached hydrogens (tertiary/aromatic N) is 2. The van der Waals surface area contributed by atoms with Crippen LogP contribution in [0.15, 0.2) is 23.2 Å². The molecule has 3 rings (SSSR count). The molecule has 1 aromatic carbocycles. The Morgan fingerprint density at radius 1 is 1.16 bits per heavy atom. The van der Waals surface area contributed by atoms with Crippen LogP contribution in [0.25, 0.3) is 0 Å². The maximum absolute atomic E-state index is 14.6. The van der Waals surface area contributed by atoms with E-state index in [1.54, 1.807) is 7.11 Å². The molecule has 1 N–H and O–H groups in total. The van der Waals surface area contributed by atoms with Crippen LogP contribution >= 0.6 is 0 Å². The highest BCUT2D eigenvalue weighted by Gasteiger charge is 2.40. The fraction of sp³-hybridized carbons (Fsp3) is 0.708. The number of benzene rings is 1. The van der Waals surface area contributed by atoms with Crippen molar-refractivity contribution in [3.8, 4) is 0 Å². The molecule has 7 heteroatoms. The first-order valence-electron chi connectivity index (χ1n) is 11.7. The molecule has 1 aromatic rings. The molecule has 0 aromatic heterocycles. The lowest BCUT2D eigenvalue weighted by Crippen LogP contribution is -2.47. The molecule has 1 aliphatic heterocycles. The predicted molar refractivity (Wildman–Crippen MR) is 120 cm³/mol. The first kappa shape index (κ1) is 23.9. The number of halogens is 2. The summed E-state index contributed by atoms with van der Waals surface area (Å²) in [4.78, 5) is 7.15. The monoisotopic (exact) mass is 437 g/mol. The van der Waals surface area contributed by atoms with E-state index < -0.39 is 17.0 Å². The fourth-order valence-electron chi connectivity index (χ4n) is 4.88. The van der Waals surface area contributed by atoms with Gasteiger partial charge in [0.2, 0.25) is 0 Å². The number of aliphatic imine (C=N–C) groups is 1.